The van der Waals surface area contributed by atoms with Crippen LogP contribution in [0.5, 0.6) is 17.2 Å². The molecule has 0 saturated heterocycles. The van der Waals surface area contributed by atoms with Gasteiger partial charge in [0.05, 0.1) is 19.8 Å². The van der Waals surface area contributed by atoms with Gasteiger partial charge >= 0.3 is 6.18 Å². The molecule has 0 aliphatic heterocycles. The number of rotatable bonds is 13. The van der Waals surface area contributed by atoms with Crippen molar-refractivity contribution in [2.45, 2.75) is 20.0 Å². The van der Waals surface area contributed by atoms with Gasteiger partial charge in [-0.25, -0.2) is 0 Å². The standard InChI is InChI=1S/C26H25F3N4O5S/c1-3-36-22-15-18(14-19(16-30)23(34)31-25-33-32-24(39-25)26(27,28)29)8-9-21(22)38-13-11-35-10-12-37-20-7-5-4-6-17(20)2/h4-9,14-15H,3,10-13H2,1-2H3,(H,31,33,34)/b19-14-. The minimum absolute atomic E-state index is 0.157. The normalized spacial score (nSPS) is 11.5. The fourth-order valence-corrected chi connectivity index (χ4v) is 3.72. The summed E-state index contributed by atoms with van der Waals surface area (Å²) in [5, 5.41) is 16.3. The van der Waals surface area contributed by atoms with Crippen LogP contribution in [0.1, 0.15) is 23.1 Å². The highest BCUT2D eigenvalue weighted by Gasteiger charge is 2.35. The number of nitrogens with zero attached hydrogens (tertiary/aromatic N) is 3. The van der Waals surface area contributed by atoms with Crippen molar-refractivity contribution >= 4 is 28.5 Å². The van der Waals surface area contributed by atoms with Gasteiger partial charge in [0.2, 0.25) is 10.1 Å². The lowest BCUT2D eigenvalue weighted by molar-refractivity contribution is -0.138. The number of anilines is 1. The van der Waals surface area contributed by atoms with E-state index in [-0.39, 0.29) is 28.6 Å². The van der Waals surface area contributed by atoms with E-state index in [9.17, 15) is 23.2 Å². The first kappa shape index (κ1) is 29.4. The van der Waals surface area contributed by atoms with Crippen LogP contribution in [0.4, 0.5) is 18.3 Å². The number of ether oxygens (including phenoxy) is 4. The number of alkyl halides is 3. The number of aryl methyl sites for hydroxylation is 1. The second-order valence-corrected chi connectivity index (χ2v) is 8.73. The second-order valence-electron chi connectivity index (χ2n) is 7.75. The molecule has 3 aromatic rings. The van der Waals surface area contributed by atoms with Crippen LogP contribution in [0, 0.1) is 18.3 Å². The summed E-state index contributed by atoms with van der Waals surface area (Å²) in [6, 6.07) is 14.2. The predicted octanol–water partition coefficient (Wildman–Crippen LogP) is 5.28. The smallest absolute Gasteiger partial charge is 0.445 e. The van der Waals surface area contributed by atoms with E-state index >= 15 is 0 Å². The molecule has 0 spiro atoms. The fourth-order valence-electron chi connectivity index (χ4n) is 3.11. The molecule has 0 bridgehead atoms. The van der Waals surface area contributed by atoms with Crippen LogP contribution in [-0.2, 0) is 15.7 Å². The molecule has 1 heterocycles. The summed E-state index contributed by atoms with van der Waals surface area (Å²) < 4.78 is 60.7. The lowest BCUT2D eigenvalue weighted by atomic mass is 10.1. The maximum atomic E-state index is 12.7. The van der Waals surface area contributed by atoms with Gasteiger partial charge in [0.1, 0.15) is 30.6 Å². The second kappa shape index (κ2) is 14.1. The Morgan fingerprint density at radius 3 is 2.38 bits per heavy atom. The van der Waals surface area contributed by atoms with Crippen molar-refractivity contribution in [3.63, 3.8) is 0 Å². The number of aromatic nitrogens is 2. The monoisotopic (exact) mass is 562 g/mol. The maximum Gasteiger partial charge on any atom is 0.445 e. The van der Waals surface area contributed by atoms with Crippen molar-refractivity contribution in [3.8, 4) is 23.3 Å². The van der Waals surface area contributed by atoms with Gasteiger partial charge in [-0.3, -0.25) is 10.1 Å². The third kappa shape index (κ3) is 8.98. The summed E-state index contributed by atoms with van der Waals surface area (Å²) in [5.41, 5.74) is 1.13. The Bertz CT molecular complexity index is 1340. The average Bonchev–Trinajstić information content (AvgIpc) is 3.38. The van der Waals surface area contributed by atoms with Crippen molar-refractivity contribution in [2.24, 2.45) is 0 Å². The minimum atomic E-state index is -4.68. The highest BCUT2D eigenvalue weighted by molar-refractivity contribution is 7.15. The third-order valence-corrected chi connectivity index (χ3v) is 5.78. The number of carbonyl (C=O) groups is 1. The number of amides is 1. The number of carbonyl (C=O) groups excluding carboxylic acids is 1. The summed E-state index contributed by atoms with van der Waals surface area (Å²) >= 11 is 0.157. The first-order valence-electron chi connectivity index (χ1n) is 11.7. The zero-order valence-corrected chi connectivity index (χ0v) is 21.9. The molecule has 1 amide bonds. The van der Waals surface area contributed by atoms with Crippen molar-refractivity contribution in [2.75, 3.05) is 38.4 Å². The molecule has 0 saturated carbocycles. The molecule has 0 atom stereocenters. The van der Waals surface area contributed by atoms with Crippen LogP contribution in [0.15, 0.2) is 48.0 Å². The third-order valence-electron chi connectivity index (χ3n) is 4.90. The highest BCUT2D eigenvalue weighted by Crippen LogP contribution is 2.33. The summed E-state index contributed by atoms with van der Waals surface area (Å²) in [7, 11) is 0. The van der Waals surface area contributed by atoms with E-state index in [1.807, 2.05) is 31.2 Å². The summed E-state index contributed by atoms with van der Waals surface area (Å²) in [4.78, 5) is 12.4. The number of hydrogen-bond acceptors (Lipinski definition) is 9. The number of nitrogens with one attached hydrogen (secondary N) is 1. The first-order chi connectivity index (χ1) is 18.7. The Hall–Kier alpha value is -4.15. The number of benzene rings is 2. The van der Waals surface area contributed by atoms with Gasteiger partial charge in [0.25, 0.3) is 5.91 Å². The van der Waals surface area contributed by atoms with Gasteiger partial charge in [-0.2, -0.15) is 18.4 Å². The van der Waals surface area contributed by atoms with Gasteiger partial charge in [-0.05, 0) is 49.2 Å². The maximum absolute atomic E-state index is 12.7. The molecule has 3 rings (SSSR count). The number of para-hydroxylation sites is 1. The molecule has 1 N–H and O–H groups in total. The number of nitriles is 1. The predicted molar refractivity (Wildman–Crippen MR) is 138 cm³/mol. The van der Waals surface area contributed by atoms with Crippen LogP contribution in [0.3, 0.4) is 0 Å². The van der Waals surface area contributed by atoms with Crippen LogP contribution in [-0.4, -0.2) is 49.1 Å². The number of halogens is 3. The molecule has 13 heteroatoms. The summed E-state index contributed by atoms with van der Waals surface area (Å²) in [6.45, 7) is 5.42. The SMILES string of the molecule is CCOc1cc(/C=C(/C#N)C(=O)Nc2nnc(C(F)(F)F)s2)ccc1OCCOCCOc1ccccc1C. The lowest BCUT2D eigenvalue weighted by Crippen LogP contribution is -2.13. The van der Waals surface area contributed by atoms with Crippen molar-refractivity contribution in [1.82, 2.24) is 10.2 Å². The quantitative estimate of drug-likeness (QED) is 0.170. The Balaban J connectivity index is 1.54. The van der Waals surface area contributed by atoms with E-state index < -0.39 is 17.1 Å². The molecular formula is C26H25F3N4O5S. The average molecular weight is 563 g/mol. The molecule has 0 fully saturated rings. The van der Waals surface area contributed by atoms with E-state index in [4.69, 9.17) is 18.9 Å². The Labute approximate surface area is 226 Å². The van der Waals surface area contributed by atoms with Crippen LogP contribution < -0.4 is 19.5 Å². The van der Waals surface area contributed by atoms with Gasteiger partial charge in [-0.15, -0.1) is 10.2 Å². The highest BCUT2D eigenvalue weighted by atomic mass is 32.1. The first-order valence-corrected chi connectivity index (χ1v) is 12.5. The Morgan fingerprint density at radius 1 is 1.03 bits per heavy atom. The number of hydrogen-bond donors (Lipinski definition) is 1. The molecule has 0 aliphatic carbocycles. The summed E-state index contributed by atoms with van der Waals surface area (Å²) in [5.74, 6) is 0.695. The van der Waals surface area contributed by atoms with Gasteiger partial charge in [-0.1, -0.05) is 35.6 Å². The van der Waals surface area contributed by atoms with E-state index in [2.05, 4.69) is 15.5 Å². The molecule has 206 valence electrons. The zero-order valence-electron chi connectivity index (χ0n) is 21.1. The van der Waals surface area contributed by atoms with E-state index in [1.54, 1.807) is 31.2 Å². The topological polar surface area (TPSA) is 116 Å². The molecule has 0 unspecified atom stereocenters. The van der Waals surface area contributed by atoms with Crippen LogP contribution >= 0.6 is 11.3 Å². The minimum Gasteiger partial charge on any atom is -0.491 e. The van der Waals surface area contributed by atoms with E-state index in [1.165, 1.54) is 6.08 Å². The fraction of sp³-hybridized carbons (Fsp3) is 0.308. The molecule has 2 aromatic carbocycles. The molecule has 0 aliphatic rings. The Morgan fingerprint density at radius 2 is 1.74 bits per heavy atom. The Kier molecular flexibility index (Phi) is 10.7. The van der Waals surface area contributed by atoms with Gasteiger partial charge < -0.3 is 18.9 Å². The van der Waals surface area contributed by atoms with Crippen molar-refractivity contribution in [3.05, 3.63) is 64.2 Å². The van der Waals surface area contributed by atoms with Crippen LogP contribution in [0.2, 0.25) is 0 Å². The van der Waals surface area contributed by atoms with E-state index in [0.29, 0.717) is 43.5 Å². The molecule has 0 radical (unpaired) electrons. The van der Waals surface area contributed by atoms with Crippen LogP contribution in [0.25, 0.3) is 6.08 Å². The molecule has 1 aromatic heterocycles. The van der Waals surface area contributed by atoms with Gasteiger partial charge in [0, 0.05) is 0 Å². The molecule has 9 nitrogen and oxygen atoms in total. The molecular weight excluding hydrogens is 537 g/mol. The van der Waals surface area contributed by atoms with E-state index in [0.717, 1.165) is 11.3 Å². The zero-order chi connectivity index (χ0) is 28.3. The largest absolute Gasteiger partial charge is 0.491 e. The summed E-state index contributed by atoms with van der Waals surface area (Å²) in [6.07, 6.45) is -3.42. The van der Waals surface area contributed by atoms with Crippen molar-refractivity contribution < 1.29 is 36.9 Å². The van der Waals surface area contributed by atoms with Gasteiger partial charge in [0.15, 0.2) is 11.5 Å². The lowest BCUT2D eigenvalue weighted by Gasteiger charge is -2.13. The molecule has 39 heavy (non-hydrogen) atoms. The van der Waals surface area contributed by atoms with Crippen molar-refractivity contribution in [1.29, 1.82) is 5.26 Å².